The fraction of sp³-hybridized carbons (Fsp3) is 0.426. The quantitative estimate of drug-likeness (QED) is 0.192. The average Bonchev–Trinajstić information content (AvgIpc) is 3.80. The first-order valence-corrected chi connectivity index (χ1v) is 24.2. The first-order chi connectivity index (χ1) is 28.9. The summed E-state index contributed by atoms with van der Waals surface area (Å²) in [4.78, 5) is 63.3. The van der Waals surface area contributed by atoms with Crippen LogP contribution in [0, 0.1) is 5.92 Å². The molecule has 5 heterocycles. The lowest BCUT2D eigenvalue weighted by molar-refractivity contribution is -0.151. The van der Waals surface area contributed by atoms with Gasteiger partial charge in [-0.15, -0.1) is 0 Å². The summed E-state index contributed by atoms with van der Waals surface area (Å²) in [6.45, 7) is 8.11. The Morgan fingerprint density at radius 3 is 2.30 bits per heavy atom. The number of rotatable bonds is 9. The largest absolute Gasteiger partial charge is 0.497 e. The monoisotopic (exact) mass is 829 g/mol. The number of carbonyl (C=O) groups excluding carboxylic acids is 3. The second-order valence-corrected chi connectivity index (χ2v) is 21.7. The average molecular weight is 830 g/mol. The molecular formula is C47H55N5O7Si. The van der Waals surface area contributed by atoms with Gasteiger partial charge in [0.05, 0.1) is 51.2 Å². The number of piperidine rings is 1. The summed E-state index contributed by atoms with van der Waals surface area (Å²) >= 11 is 0. The SMILES string of the molecule is COc1ccc2c(c1)[C@]1(O[C@@H](CC(=O)N3Cc4ccccc4C[C@H]3CO)[C@H]([Si](C)(C)O)[C@H]1C)C(=O)N2Cc1ccc(N2CN(c3ccccc3)C3(CCNCC3)C2=O)cc1. The summed E-state index contributed by atoms with van der Waals surface area (Å²) in [7, 11) is -1.48. The second kappa shape index (κ2) is 15.4. The number of para-hydroxylation sites is 1. The van der Waals surface area contributed by atoms with Crippen molar-refractivity contribution < 1.29 is 33.8 Å². The molecule has 5 atom stereocenters. The smallest absolute Gasteiger partial charge is 0.264 e. The number of aliphatic hydroxyl groups is 1. The Kier molecular flexibility index (Phi) is 10.4. The van der Waals surface area contributed by atoms with Gasteiger partial charge >= 0.3 is 0 Å². The normalized spacial score (nSPS) is 26.0. The molecule has 3 N–H and O–H groups in total. The van der Waals surface area contributed by atoms with E-state index in [1.807, 2.05) is 110 Å². The second-order valence-electron chi connectivity index (χ2n) is 17.8. The maximum absolute atomic E-state index is 15.2. The van der Waals surface area contributed by atoms with Crippen molar-refractivity contribution in [3.63, 3.8) is 0 Å². The van der Waals surface area contributed by atoms with Gasteiger partial charge in [-0.05, 0) is 105 Å². The molecule has 2 spiro atoms. The molecule has 0 aliphatic carbocycles. The van der Waals surface area contributed by atoms with Crippen molar-refractivity contribution in [1.29, 1.82) is 0 Å². The number of ether oxygens (including phenoxy) is 2. The van der Waals surface area contributed by atoms with Crippen LogP contribution in [0.15, 0.2) is 97.1 Å². The number of carbonyl (C=O) groups is 3. The van der Waals surface area contributed by atoms with Gasteiger partial charge < -0.3 is 39.4 Å². The summed E-state index contributed by atoms with van der Waals surface area (Å²) in [5, 5.41) is 13.8. The van der Waals surface area contributed by atoms with Crippen molar-refractivity contribution in [3.05, 3.63) is 119 Å². The zero-order chi connectivity index (χ0) is 42.0. The molecule has 0 unspecified atom stereocenters. The third kappa shape index (κ3) is 6.53. The number of aliphatic hydroxyl groups excluding tert-OH is 1. The van der Waals surface area contributed by atoms with Crippen LogP contribution < -0.4 is 24.8 Å². The minimum atomic E-state index is -3.06. The molecule has 4 aromatic rings. The first kappa shape index (κ1) is 40.4. The number of amides is 3. The Bertz CT molecular complexity index is 2280. The van der Waals surface area contributed by atoms with E-state index in [0.29, 0.717) is 36.6 Å². The van der Waals surface area contributed by atoms with E-state index in [9.17, 15) is 19.5 Å². The summed E-state index contributed by atoms with van der Waals surface area (Å²) in [6.07, 6.45) is 1.22. The van der Waals surface area contributed by atoms with E-state index < -0.39 is 37.0 Å². The van der Waals surface area contributed by atoms with Crippen LogP contribution in [0.4, 0.5) is 17.1 Å². The summed E-state index contributed by atoms with van der Waals surface area (Å²) in [5.41, 5.74) is 3.68. The van der Waals surface area contributed by atoms with Gasteiger partial charge in [-0.1, -0.05) is 61.5 Å². The Labute approximate surface area is 352 Å². The molecule has 5 aliphatic rings. The van der Waals surface area contributed by atoms with E-state index in [1.165, 1.54) is 0 Å². The van der Waals surface area contributed by atoms with E-state index in [-0.39, 0.29) is 43.3 Å². The van der Waals surface area contributed by atoms with E-state index in [1.54, 1.807) is 16.9 Å². The van der Waals surface area contributed by atoms with Crippen LogP contribution in [0.5, 0.6) is 5.75 Å². The number of nitrogens with one attached hydrogen (secondary N) is 1. The molecular weight excluding hydrogens is 775 g/mol. The molecule has 3 fully saturated rings. The first-order valence-electron chi connectivity index (χ1n) is 21.2. The minimum Gasteiger partial charge on any atom is -0.497 e. The molecule has 60 heavy (non-hydrogen) atoms. The van der Waals surface area contributed by atoms with E-state index in [4.69, 9.17) is 9.47 Å². The van der Waals surface area contributed by atoms with Crippen molar-refractivity contribution in [1.82, 2.24) is 10.2 Å². The lowest BCUT2D eigenvalue weighted by Crippen LogP contribution is -2.55. The van der Waals surface area contributed by atoms with Gasteiger partial charge in [0.2, 0.25) is 5.91 Å². The zero-order valence-electron chi connectivity index (χ0n) is 34.8. The summed E-state index contributed by atoms with van der Waals surface area (Å²) < 4.78 is 12.7. The van der Waals surface area contributed by atoms with Crippen LogP contribution in [-0.4, -0.2) is 92.0 Å². The van der Waals surface area contributed by atoms with Crippen LogP contribution >= 0.6 is 0 Å². The molecule has 314 valence electrons. The number of anilines is 3. The maximum atomic E-state index is 15.2. The minimum absolute atomic E-state index is 0.0326. The van der Waals surface area contributed by atoms with Crippen molar-refractivity contribution in [2.45, 2.75) is 87.6 Å². The van der Waals surface area contributed by atoms with Gasteiger partial charge in [0.1, 0.15) is 11.3 Å². The number of hydrogen-bond donors (Lipinski definition) is 3. The predicted molar refractivity (Wildman–Crippen MR) is 232 cm³/mol. The van der Waals surface area contributed by atoms with Crippen LogP contribution in [-0.2, 0) is 44.2 Å². The van der Waals surface area contributed by atoms with E-state index in [2.05, 4.69) is 22.3 Å². The van der Waals surface area contributed by atoms with E-state index >= 15 is 4.79 Å². The number of fused-ring (bicyclic) bond motifs is 3. The Balaban J connectivity index is 0.999. The highest BCUT2D eigenvalue weighted by atomic mass is 28.4. The Morgan fingerprint density at radius 2 is 1.62 bits per heavy atom. The van der Waals surface area contributed by atoms with Gasteiger partial charge in [-0.25, -0.2) is 0 Å². The van der Waals surface area contributed by atoms with Crippen molar-refractivity contribution >= 4 is 43.1 Å². The third-order valence-corrected chi connectivity index (χ3v) is 16.5. The Morgan fingerprint density at radius 1 is 0.917 bits per heavy atom. The van der Waals surface area contributed by atoms with E-state index in [0.717, 1.165) is 54.0 Å². The summed E-state index contributed by atoms with van der Waals surface area (Å²) in [5.74, 6) is -0.226. The Hall–Kier alpha value is -5.05. The molecule has 0 aromatic heterocycles. The number of nitrogens with zero attached hydrogens (tertiary/aromatic N) is 4. The third-order valence-electron chi connectivity index (χ3n) is 14.0. The highest BCUT2D eigenvalue weighted by Crippen LogP contribution is 2.60. The van der Waals surface area contributed by atoms with Gasteiger partial charge in [0, 0.05) is 34.9 Å². The topological polar surface area (TPSA) is 135 Å². The highest BCUT2D eigenvalue weighted by molar-refractivity contribution is 6.71. The molecule has 5 aliphatic heterocycles. The molecule has 13 heteroatoms. The highest BCUT2D eigenvalue weighted by Gasteiger charge is 2.66. The van der Waals surface area contributed by atoms with Crippen LogP contribution in [0.2, 0.25) is 18.6 Å². The number of hydrogen-bond acceptors (Lipinski definition) is 9. The van der Waals surface area contributed by atoms with Crippen molar-refractivity contribution in [2.24, 2.45) is 5.92 Å². The van der Waals surface area contributed by atoms with Crippen LogP contribution in [0.1, 0.15) is 48.4 Å². The predicted octanol–water partition coefficient (Wildman–Crippen LogP) is 5.31. The van der Waals surface area contributed by atoms with Crippen LogP contribution in [0.25, 0.3) is 0 Å². The van der Waals surface area contributed by atoms with Crippen molar-refractivity contribution in [3.8, 4) is 5.75 Å². The fourth-order valence-corrected chi connectivity index (χ4v) is 13.6. The molecule has 9 rings (SSSR count). The standard InChI is InChI=1S/C47H55N5O7Si/c1-31-43(60(3,4)57)41(26-42(54)49-28-34-11-9-8-10-33(34)24-37(49)29-53)59-47(31)39-25-38(58-2)18-19-40(39)50(45(47)56)27-32-14-16-35(17-15-32)51-30-52(36-12-6-5-7-13-36)46(44(51)55)20-22-48-23-21-46/h5-19,25,31,37,41,43,48,53,57H,20-24,26-30H2,1-4H3/t31-,37+,41+,43-,47+/m1/s1. The molecule has 0 radical (unpaired) electrons. The van der Waals surface area contributed by atoms with Gasteiger partial charge in [-0.3, -0.25) is 19.3 Å². The molecule has 0 saturated carbocycles. The maximum Gasteiger partial charge on any atom is 0.264 e. The molecule has 0 bridgehead atoms. The zero-order valence-corrected chi connectivity index (χ0v) is 35.8. The number of benzene rings is 4. The van der Waals surface area contributed by atoms with Gasteiger partial charge in [0.15, 0.2) is 13.9 Å². The lowest BCUT2D eigenvalue weighted by atomic mass is 9.82. The molecule has 3 amide bonds. The number of methoxy groups -OCH3 is 1. The fourth-order valence-electron chi connectivity index (χ4n) is 11.0. The van der Waals surface area contributed by atoms with Crippen LogP contribution in [0.3, 0.4) is 0 Å². The molecule has 4 aromatic carbocycles. The molecule has 12 nitrogen and oxygen atoms in total. The van der Waals surface area contributed by atoms with Gasteiger partial charge in [-0.2, -0.15) is 0 Å². The summed E-state index contributed by atoms with van der Waals surface area (Å²) in [6, 6.07) is 31.2. The molecule has 3 saturated heterocycles. The van der Waals surface area contributed by atoms with Crippen molar-refractivity contribution in [2.75, 3.05) is 48.2 Å². The lowest BCUT2D eigenvalue weighted by Gasteiger charge is -2.39. The van der Waals surface area contributed by atoms with Gasteiger partial charge in [0.25, 0.3) is 11.8 Å².